The number of benzene rings is 2. The molecule has 0 radical (unpaired) electrons. The number of alkyl halides is 3. The van der Waals surface area contributed by atoms with Crippen LogP contribution in [0.15, 0.2) is 48.5 Å². The van der Waals surface area contributed by atoms with Crippen LogP contribution in [0.5, 0.6) is 11.5 Å². The van der Waals surface area contributed by atoms with Gasteiger partial charge in [0.2, 0.25) is 5.91 Å². The van der Waals surface area contributed by atoms with Crippen LogP contribution < -0.4 is 9.47 Å². The maximum absolute atomic E-state index is 13.4. The van der Waals surface area contributed by atoms with E-state index in [9.17, 15) is 22.8 Å². The molecular formula is C30H31F3N2O5. The molecule has 2 bridgehead atoms. The Morgan fingerprint density at radius 3 is 2.70 bits per heavy atom. The summed E-state index contributed by atoms with van der Waals surface area (Å²) in [4.78, 5) is 29.9. The predicted octanol–water partition coefficient (Wildman–Crippen LogP) is 4.48. The number of nitrogens with zero attached hydrogens (tertiary/aromatic N) is 2. The van der Waals surface area contributed by atoms with Gasteiger partial charge in [-0.2, -0.15) is 0 Å². The molecule has 5 atom stereocenters. The van der Waals surface area contributed by atoms with Gasteiger partial charge in [-0.25, -0.2) is 0 Å². The van der Waals surface area contributed by atoms with Gasteiger partial charge in [-0.15, -0.1) is 13.2 Å². The van der Waals surface area contributed by atoms with Crippen LogP contribution in [0.4, 0.5) is 13.2 Å². The van der Waals surface area contributed by atoms with E-state index in [-0.39, 0.29) is 29.7 Å². The van der Waals surface area contributed by atoms with Crippen molar-refractivity contribution >= 4 is 18.0 Å². The number of esters is 1. The molecule has 0 N–H and O–H groups in total. The Kier molecular flexibility index (Phi) is 6.18. The maximum Gasteiger partial charge on any atom is 0.573 e. The molecule has 1 saturated heterocycles. The van der Waals surface area contributed by atoms with E-state index in [1.165, 1.54) is 42.8 Å². The fourth-order valence-electron chi connectivity index (χ4n) is 7.79. The Morgan fingerprint density at radius 2 is 1.95 bits per heavy atom. The van der Waals surface area contributed by atoms with Crippen LogP contribution in [-0.4, -0.2) is 72.5 Å². The van der Waals surface area contributed by atoms with Gasteiger partial charge in [0.05, 0.1) is 17.5 Å². The van der Waals surface area contributed by atoms with Crippen molar-refractivity contribution in [3.05, 3.63) is 65.2 Å². The van der Waals surface area contributed by atoms with Crippen LogP contribution in [0.1, 0.15) is 42.9 Å². The second kappa shape index (κ2) is 9.26. The van der Waals surface area contributed by atoms with E-state index in [1.807, 2.05) is 12.1 Å². The molecular weight excluding hydrogens is 525 g/mol. The Bertz CT molecular complexity index is 1390. The van der Waals surface area contributed by atoms with Crippen LogP contribution >= 0.6 is 0 Å². The lowest BCUT2D eigenvalue weighted by Crippen LogP contribution is -2.78. The van der Waals surface area contributed by atoms with Crippen molar-refractivity contribution < 1.29 is 37.0 Å². The van der Waals surface area contributed by atoms with Crippen molar-refractivity contribution in [3.8, 4) is 11.5 Å². The summed E-state index contributed by atoms with van der Waals surface area (Å²) < 4.78 is 54.9. The summed E-state index contributed by atoms with van der Waals surface area (Å²) in [6, 6.07) is 11.2. The van der Waals surface area contributed by atoms with Gasteiger partial charge in [-0.3, -0.25) is 14.5 Å². The van der Waals surface area contributed by atoms with Crippen molar-refractivity contribution in [1.29, 1.82) is 0 Å². The van der Waals surface area contributed by atoms with E-state index in [1.54, 1.807) is 18.0 Å². The minimum Gasteiger partial charge on any atom is -0.487 e. The number of likely N-dealkylation sites (tertiary alicyclic amines) is 1. The van der Waals surface area contributed by atoms with E-state index < -0.39 is 23.5 Å². The van der Waals surface area contributed by atoms with Crippen LogP contribution in [0, 0.1) is 0 Å². The third-order valence-electron chi connectivity index (χ3n) is 9.24. The summed E-state index contributed by atoms with van der Waals surface area (Å²) in [5, 5.41) is 0. The first-order chi connectivity index (χ1) is 18.9. The minimum absolute atomic E-state index is 0.00912. The van der Waals surface area contributed by atoms with Crippen LogP contribution in [0.3, 0.4) is 0 Å². The van der Waals surface area contributed by atoms with E-state index in [0.717, 1.165) is 30.7 Å². The van der Waals surface area contributed by atoms with Gasteiger partial charge in [0.25, 0.3) is 0 Å². The molecule has 2 fully saturated rings. The number of rotatable bonds is 5. The first-order valence-electron chi connectivity index (χ1n) is 13.4. The summed E-state index contributed by atoms with van der Waals surface area (Å²) >= 11 is 0. The largest absolute Gasteiger partial charge is 0.573 e. The normalized spacial score (nSPS) is 30.4. The van der Waals surface area contributed by atoms with Gasteiger partial charge < -0.3 is 19.1 Å². The van der Waals surface area contributed by atoms with Gasteiger partial charge >= 0.3 is 12.3 Å². The zero-order valence-corrected chi connectivity index (χ0v) is 22.5. The summed E-state index contributed by atoms with van der Waals surface area (Å²) in [7, 11) is 3.79. The van der Waals surface area contributed by atoms with Gasteiger partial charge in [0, 0.05) is 25.6 Å². The minimum atomic E-state index is -4.80. The first-order valence-corrected chi connectivity index (χ1v) is 13.4. The second-order valence-corrected chi connectivity index (χ2v) is 11.2. The highest BCUT2D eigenvalue weighted by molar-refractivity contribution is 5.92. The Hall–Kier alpha value is -3.53. The van der Waals surface area contributed by atoms with E-state index in [2.05, 4.69) is 22.8 Å². The highest BCUT2D eigenvalue weighted by atomic mass is 19.4. The molecule has 4 aliphatic rings. The third-order valence-corrected chi connectivity index (χ3v) is 9.24. The third kappa shape index (κ3) is 3.98. The van der Waals surface area contributed by atoms with Crippen molar-refractivity contribution in [1.82, 2.24) is 9.80 Å². The van der Waals surface area contributed by atoms with Crippen LogP contribution in [0.2, 0.25) is 0 Å². The highest BCUT2D eigenvalue weighted by Crippen LogP contribution is 2.65. The molecule has 2 aromatic carbocycles. The monoisotopic (exact) mass is 556 g/mol. The molecule has 10 heteroatoms. The standard InChI is InChI=1S/C30H31F3N2O5/c1-18(36)39-29-13-12-22(35(3)25(37)11-10-19-6-4-8-21(16-19)40-30(31,32)33)27-28(29)14-15-34(2)24(29)17-20-7-5-9-23(38-27)26(20)28/h4-11,16,22,24,27H,12-15,17H2,1-3H3/t22-,24+,27-,28-,29+/m0/s1. The van der Waals surface area contributed by atoms with Crippen molar-refractivity contribution in [2.75, 3.05) is 20.6 Å². The summed E-state index contributed by atoms with van der Waals surface area (Å²) in [6.07, 6.45) is 0.234. The number of piperidine rings is 1. The van der Waals surface area contributed by atoms with Crippen molar-refractivity contribution in [3.63, 3.8) is 0 Å². The first kappa shape index (κ1) is 26.7. The molecule has 1 amide bonds. The Morgan fingerprint density at radius 1 is 1.18 bits per heavy atom. The molecule has 1 saturated carbocycles. The topological polar surface area (TPSA) is 68.3 Å². The molecule has 1 spiro atoms. The maximum atomic E-state index is 13.4. The van der Waals surface area contributed by atoms with Crippen LogP contribution in [0.25, 0.3) is 6.08 Å². The van der Waals surface area contributed by atoms with Crippen molar-refractivity contribution in [2.45, 2.75) is 68.2 Å². The molecule has 2 heterocycles. The lowest BCUT2D eigenvalue weighted by molar-refractivity contribution is -0.274. The Balaban J connectivity index is 1.32. The summed E-state index contributed by atoms with van der Waals surface area (Å²) in [5.74, 6) is -0.199. The number of hydrogen-bond acceptors (Lipinski definition) is 6. The zero-order chi connectivity index (χ0) is 28.4. The number of amides is 1. The van der Waals surface area contributed by atoms with Gasteiger partial charge in [-0.05, 0) is 74.7 Å². The number of carbonyl (C=O) groups excluding carboxylic acids is 2. The molecule has 212 valence electrons. The fourth-order valence-corrected chi connectivity index (χ4v) is 7.79. The number of carbonyl (C=O) groups is 2. The highest BCUT2D eigenvalue weighted by Gasteiger charge is 2.75. The lowest BCUT2D eigenvalue weighted by atomic mass is 9.48. The smallest absolute Gasteiger partial charge is 0.487 e. The number of halogens is 3. The SMILES string of the molecule is CC(=O)O[C@@]12CC[C@H](N(C)C(=O)C=Cc3cccc(OC(F)(F)F)c3)[C@@H]3Oc4cccc5c4[C@@]31CCN(C)[C@@H]2C5. The lowest BCUT2D eigenvalue weighted by Gasteiger charge is -2.65. The summed E-state index contributed by atoms with van der Waals surface area (Å²) in [5.41, 5.74) is 1.33. The van der Waals surface area contributed by atoms with Gasteiger partial charge in [0.1, 0.15) is 23.2 Å². The van der Waals surface area contributed by atoms with Gasteiger partial charge in [-0.1, -0.05) is 24.3 Å². The van der Waals surface area contributed by atoms with Gasteiger partial charge in [0.15, 0.2) is 0 Å². The van der Waals surface area contributed by atoms with Crippen LogP contribution in [-0.2, 0) is 26.2 Å². The predicted molar refractivity (Wildman–Crippen MR) is 140 cm³/mol. The molecule has 2 aliphatic carbocycles. The molecule has 2 aliphatic heterocycles. The molecule has 2 aromatic rings. The van der Waals surface area contributed by atoms with Crippen molar-refractivity contribution in [2.24, 2.45) is 0 Å². The molecule has 0 aromatic heterocycles. The number of ether oxygens (including phenoxy) is 3. The molecule has 40 heavy (non-hydrogen) atoms. The van der Waals surface area contributed by atoms with E-state index in [4.69, 9.17) is 9.47 Å². The quantitative estimate of drug-likeness (QED) is 0.400. The molecule has 0 unspecified atom stereocenters. The van der Waals surface area contributed by atoms with E-state index >= 15 is 0 Å². The molecule has 6 rings (SSSR count). The Labute approximate surface area is 230 Å². The zero-order valence-electron chi connectivity index (χ0n) is 22.5. The summed E-state index contributed by atoms with van der Waals surface area (Å²) in [6.45, 7) is 2.26. The van der Waals surface area contributed by atoms with E-state index in [0.29, 0.717) is 18.4 Å². The fraction of sp³-hybridized carbons (Fsp3) is 0.467. The second-order valence-electron chi connectivity index (χ2n) is 11.2. The average Bonchev–Trinajstić information content (AvgIpc) is 3.23. The number of likely N-dealkylation sites (N-methyl/N-ethyl adjacent to an activating group) is 2. The average molecular weight is 557 g/mol. The number of hydrogen-bond donors (Lipinski definition) is 0. The molecule has 7 nitrogen and oxygen atoms in total.